The molecule has 1 aromatic rings. The maximum absolute atomic E-state index is 7.13. The van der Waals surface area contributed by atoms with Crippen LogP contribution in [0.15, 0.2) is 24.4 Å². The molecule has 0 aliphatic heterocycles. The fourth-order valence-electron chi connectivity index (χ4n) is 3.86. The van der Waals surface area contributed by atoms with E-state index in [0.717, 1.165) is 6.04 Å². The Morgan fingerprint density at radius 3 is 2.09 bits per heavy atom. The monoisotopic (exact) mass is 350 g/mol. The van der Waals surface area contributed by atoms with Crippen LogP contribution in [0.3, 0.4) is 0 Å². The first-order valence-electron chi connectivity index (χ1n) is 9.28. The van der Waals surface area contributed by atoms with Crippen molar-refractivity contribution in [1.82, 2.24) is 4.98 Å². The van der Waals surface area contributed by atoms with Gasteiger partial charge in [-0.3, -0.25) is 4.98 Å². The first kappa shape index (κ1) is 20.6. The Morgan fingerprint density at radius 2 is 1.65 bits per heavy atom. The third kappa shape index (κ3) is 5.54. The largest absolute Gasteiger partial charge is 0.454 e. The quantitative estimate of drug-likeness (QED) is 0.472. The van der Waals surface area contributed by atoms with Crippen molar-refractivity contribution in [3.05, 3.63) is 30.1 Å². The fourth-order valence-corrected chi connectivity index (χ4v) is 14.9. The van der Waals surface area contributed by atoms with E-state index in [2.05, 4.69) is 65.6 Å². The zero-order chi connectivity index (χ0) is 17.5. The van der Waals surface area contributed by atoms with Gasteiger partial charge in [-0.1, -0.05) is 67.4 Å². The van der Waals surface area contributed by atoms with E-state index >= 15 is 0 Å². The lowest BCUT2D eigenvalue weighted by atomic mass is 10.4. The molecule has 4 heteroatoms. The van der Waals surface area contributed by atoms with Gasteiger partial charge < -0.3 is 4.12 Å². The van der Waals surface area contributed by atoms with Gasteiger partial charge in [0.05, 0.1) is 0 Å². The van der Waals surface area contributed by atoms with Gasteiger partial charge in [0, 0.05) is 17.9 Å². The molecule has 0 aromatic carbocycles. The smallest absolute Gasteiger partial charge is 0.204 e. The lowest BCUT2D eigenvalue weighted by Crippen LogP contribution is -2.52. The number of unbranched alkanes of at least 4 members (excludes halogenated alkanes) is 1. The highest BCUT2D eigenvalue weighted by Crippen LogP contribution is 2.43. The molecule has 0 bridgehead atoms. The number of hydrogen-bond acceptors (Lipinski definition) is 2. The number of hydrogen-bond donors (Lipinski definition) is 0. The van der Waals surface area contributed by atoms with E-state index in [-0.39, 0.29) is 0 Å². The Labute approximate surface area is 146 Å². The first-order valence-corrected chi connectivity index (χ1v) is 13.2. The van der Waals surface area contributed by atoms with Crippen LogP contribution in [0.2, 0.25) is 22.7 Å². The molecule has 1 radical (unpaired) electrons. The van der Waals surface area contributed by atoms with Gasteiger partial charge in [0.25, 0.3) is 0 Å². The number of rotatable bonds is 10. The summed E-state index contributed by atoms with van der Waals surface area (Å²) in [6.45, 7) is 16.6. The molecule has 0 saturated heterocycles. The van der Waals surface area contributed by atoms with Gasteiger partial charge in [0.2, 0.25) is 9.04 Å². The third-order valence-corrected chi connectivity index (χ3v) is 14.6. The van der Waals surface area contributed by atoms with Crippen molar-refractivity contribution in [3.8, 4) is 0 Å². The summed E-state index contributed by atoms with van der Waals surface area (Å²) >= 11 is 0. The molecule has 0 N–H and O–H groups in total. The van der Waals surface area contributed by atoms with Crippen LogP contribution < -0.4 is 0 Å². The molecule has 0 amide bonds. The van der Waals surface area contributed by atoms with Crippen molar-refractivity contribution in [2.24, 2.45) is 0 Å². The molecule has 0 fully saturated rings. The minimum atomic E-state index is -1.78. The predicted molar refractivity (Wildman–Crippen MR) is 106 cm³/mol. The van der Waals surface area contributed by atoms with Crippen molar-refractivity contribution in [2.75, 3.05) is 0 Å². The van der Waals surface area contributed by atoms with Crippen LogP contribution in [0.5, 0.6) is 0 Å². The fraction of sp³-hybridized carbons (Fsp3) is 0.737. The molecule has 1 rings (SSSR count). The summed E-state index contributed by atoms with van der Waals surface area (Å²) in [4.78, 5) is 4.55. The molecule has 0 unspecified atom stereocenters. The molecule has 2 nitrogen and oxygen atoms in total. The number of pyridine rings is 1. The van der Waals surface area contributed by atoms with E-state index in [0.29, 0.717) is 16.6 Å². The molecular weight excluding hydrogens is 314 g/mol. The number of aromatic nitrogens is 1. The predicted octanol–water partition coefficient (Wildman–Crippen LogP) is 6.15. The van der Waals surface area contributed by atoms with Gasteiger partial charge in [-0.25, -0.2) is 0 Å². The maximum atomic E-state index is 7.13. The van der Waals surface area contributed by atoms with E-state index < -0.39 is 17.4 Å². The van der Waals surface area contributed by atoms with Crippen LogP contribution in [0, 0.1) is 0 Å². The van der Waals surface area contributed by atoms with Crippen LogP contribution in [-0.2, 0) is 10.2 Å². The minimum absolute atomic E-state index is 0.660. The molecule has 0 aliphatic rings. The molecule has 0 spiro atoms. The highest BCUT2D eigenvalue weighted by Gasteiger charge is 2.46. The van der Waals surface area contributed by atoms with E-state index in [1.54, 1.807) is 0 Å². The lowest BCUT2D eigenvalue weighted by Gasteiger charge is -2.44. The molecule has 0 atom stereocenters. The first-order chi connectivity index (χ1) is 10.8. The standard InChI is InChI=1S/C19H36NOSi2/c1-8-9-14-22(15-19-12-10-11-13-20-19)21-23(16(2)3,17(4)5)18(6)7/h10-13,16-18H,8-9,14-15H2,1-7H3. The normalized spacial score (nSPS) is 12.8. The van der Waals surface area contributed by atoms with Gasteiger partial charge in [0.15, 0.2) is 8.32 Å². The molecule has 1 heterocycles. The summed E-state index contributed by atoms with van der Waals surface area (Å²) in [5.41, 5.74) is 3.19. The van der Waals surface area contributed by atoms with Crippen LogP contribution in [-0.4, -0.2) is 22.3 Å². The van der Waals surface area contributed by atoms with Crippen molar-refractivity contribution < 1.29 is 4.12 Å². The zero-order valence-electron chi connectivity index (χ0n) is 16.2. The van der Waals surface area contributed by atoms with Gasteiger partial charge in [-0.2, -0.15) is 0 Å². The SMILES string of the molecule is CCCC[Si](Cc1ccccn1)O[Si](C(C)C)(C(C)C)C(C)C. The van der Waals surface area contributed by atoms with Crippen molar-refractivity contribution in [3.63, 3.8) is 0 Å². The van der Waals surface area contributed by atoms with E-state index in [1.165, 1.54) is 24.6 Å². The average molecular weight is 351 g/mol. The summed E-state index contributed by atoms with van der Waals surface area (Å²) < 4.78 is 7.13. The molecule has 1 aromatic heterocycles. The van der Waals surface area contributed by atoms with Crippen LogP contribution >= 0.6 is 0 Å². The Bertz CT molecular complexity index is 412. The van der Waals surface area contributed by atoms with Gasteiger partial charge >= 0.3 is 0 Å². The summed E-state index contributed by atoms with van der Waals surface area (Å²) in [7, 11) is -2.63. The maximum Gasteiger partial charge on any atom is 0.204 e. The van der Waals surface area contributed by atoms with E-state index in [9.17, 15) is 0 Å². The van der Waals surface area contributed by atoms with Crippen LogP contribution in [0.4, 0.5) is 0 Å². The second-order valence-electron chi connectivity index (χ2n) is 7.56. The Morgan fingerprint density at radius 1 is 1.04 bits per heavy atom. The highest BCUT2D eigenvalue weighted by molar-refractivity contribution is 6.83. The molecule has 23 heavy (non-hydrogen) atoms. The van der Waals surface area contributed by atoms with Gasteiger partial charge in [-0.05, 0) is 34.8 Å². The van der Waals surface area contributed by atoms with Gasteiger partial charge in [0.1, 0.15) is 0 Å². The topological polar surface area (TPSA) is 22.1 Å². The van der Waals surface area contributed by atoms with Crippen LogP contribution in [0.25, 0.3) is 0 Å². The van der Waals surface area contributed by atoms with Crippen molar-refractivity contribution in [2.45, 2.75) is 90.0 Å². The van der Waals surface area contributed by atoms with Crippen molar-refractivity contribution in [1.29, 1.82) is 0 Å². The Balaban J connectivity index is 3.00. The summed E-state index contributed by atoms with van der Waals surface area (Å²) in [5, 5.41) is 0. The molecule has 0 aliphatic carbocycles. The average Bonchev–Trinajstić information content (AvgIpc) is 2.49. The highest BCUT2D eigenvalue weighted by atomic mass is 28.4. The Kier molecular flexibility index (Phi) is 8.72. The minimum Gasteiger partial charge on any atom is -0.454 e. The molecular formula is C19H36NOSi2. The van der Waals surface area contributed by atoms with Crippen molar-refractivity contribution >= 4 is 17.4 Å². The second-order valence-corrected chi connectivity index (χ2v) is 15.5. The summed E-state index contributed by atoms with van der Waals surface area (Å²) in [6, 6.07) is 8.55. The number of nitrogens with zero attached hydrogens (tertiary/aromatic N) is 1. The van der Waals surface area contributed by atoms with Crippen LogP contribution in [0.1, 0.15) is 67.0 Å². The lowest BCUT2D eigenvalue weighted by molar-refractivity contribution is 0.480. The second kappa shape index (κ2) is 9.75. The Hall–Kier alpha value is -0.456. The summed E-state index contributed by atoms with van der Waals surface area (Å²) in [6.07, 6.45) is 4.44. The van der Waals surface area contributed by atoms with E-state index in [1.807, 2.05) is 12.3 Å². The van der Waals surface area contributed by atoms with Gasteiger partial charge in [-0.15, -0.1) is 0 Å². The molecule has 131 valence electrons. The third-order valence-electron chi connectivity index (χ3n) is 4.94. The molecule has 0 saturated carbocycles. The summed E-state index contributed by atoms with van der Waals surface area (Å²) in [5.74, 6) is 0. The zero-order valence-corrected chi connectivity index (χ0v) is 18.2. The van der Waals surface area contributed by atoms with E-state index in [4.69, 9.17) is 4.12 Å².